The Morgan fingerprint density at radius 3 is 2.21 bits per heavy atom. The molecular formula is C12H21NO. The molecule has 0 radical (unpaired) electrons. The highest BCUT2D eigenvalue weighted by molar-refractivity contribution is 5.24. The van der Waals surface area contributed by atoms with Crippen LogP contribution in [0.1, 0.15) is 20.8 Å². The summed E-state index contributed by atoms with van der Waals surface area (Å²) in [6.45, 7) is 15.4. The van der Waals surface area contributed by atoms with Crippen LogP contribution in [0.25, 0.3) is 0 Å². The van der Waals surface area contributed by atoms with Crippen LogP contribution in [0.2, 0.25) is 0 Å². The number of hydrogen-bond donors (Lipinski definition) is 0. The van der Waals surface area contributed by atoms with Gasteiger partial charge in [-0.1, -0.05) is 18.7 Å². The molecule has 2 nitrogen and oxygen atoms in total. The Kier molecular flexibility index (Phi) is 5.97. The first-order valence-electron chi connectivity index (χ1n) is 4.76. The molecule has 0 atom stereocenters. The van der Waals surface area contributed by atoms with Crippen LogP contribution >= 0.6 is 0 Å². The van der Waals surface area contributed by atoms with Crippen LogP contribution in [0.3, 0.4) is 0 Å². The van der Waals surface area contributed by atoms with Gasteiger partial charge in [-0.05, 0) is 26.8 Å². The van der Waals surface area contributed by atoms with E-state index in [1.54, 1.807) is 7.11 Å². The molecule has 0 aromatic rings. The van der Waals surface area contributed by atoms with Crippen LogP contribution in [-0.4, -0.2) is 25.2 Å². The lowest BCUT2D eigenvalue weighted by Gasteiger charge is -2.26. The fourth-order valence-corrected chi connectivity index (χ4v) is 1.28. The Labute approximate surface area is 87.6 Å². The first-order chi connectivity index (χ1) is 6.54. The highest BCUT2D eigenvalue weighted by Crippen LogP contribution is 2.15. The molecule has 0 aliphatic carbocycles. The van der Waals surface area contributed by atoms with Gasteiger partial charge in [-0.15, -0.1) is 0 Å². The topological polar surface area (TPSA) is 12.5 Å². The SMILES string of the molecule is C=CC(=C(C)C)N(CCOC)C(=C)C. The largest absolute Gasteiger partial charge is 0.383 e. The van der Waals surface area contributed by atoms with Gasteiger partial charge in [-0.2, -0.15) is 0 Å². The smallest absolute Gasteiger partial charge is 0.0642 e. The maximum atomic E-state index is 5.06. The Balaban J connectivity index is 4.71. The monoisotopic (exact) mass is 195 g/mol. The Hall–Kier alpha value is -1.02. The van der Waals surface area contributed by atoms with E-state index < -0.39 is 0 Å². The van der Waals surface area contributed by atoms with Gasteiger partial charge in [-0.3, -0.25) is 0 Å². The van der Waals surface area contributed by atoms with E-state index in [-0.39, 0.29) is 0 Å². The second-order valence-corrected chi connectivity index (χ2v) is 3.47. The Morgan fingerprint density at radius 1 is 1.36 bits per heavy atom. The van der Waals surface area contributed by atoms with E-state index in [0.717, 1.165) is 17.9 Å². The summed E-state index contributed by atoms with van der Waals surface area (Å²) >= 11 is 0. The molecule has 0 saturated heterocycles. The van der Waals surface area contributed by atoms with Crippen molar-refractivity contribution in [1.82, 2.24) is 4.90 Å². The van der Waals surface area contributed by atoms with Crippen molar-refractivity contribution in [2.75, 3.05) is 20.3 Å². The molecule has 0 aliphatic rings. The van der Waals surface area contributed by atoms with Gasteiger partial charge in [0.1, 0.15) is 0 Å². The van der Waals surface area contributed by atoms with E-state index in [0.29, 0.717) is 6.61 Å². The van der Waals surface area contributed by atoms with Crippen LogP contribution < -0.4 is 0 Å². The summed E-state index contributed by atoms with van der Waals surface area (Å²) in [4.78, 5) is 2.12. The predicted octanol–water partition coefficient (Wildman–Crippen LogP) is 2.95. The number of nitrogens with zero attached hydrogens (tertiary/aromatic N) is 1. The second-order valence-electron chi connectivity index (χ2n) is 3.47. The number of allylic oxidation sites excluding steroid dienone is 3. The molecule has 0 rings (SSSR count). The molecule has 80 valence electrons. The Bertz CT molecular complexity index is 237. The van der Waals surface area contributed by atoms with Crippen molar-refractivity contribution in [2.24, 2.45) is 0 Å². The molecule has 0 bridgehead atoms. The molecule has 0 fully saturated rings. The average Bonchev–Trinajstić information content (AvgIpc) is 2.10. The van der Waals surface area contributed by atoms with Crippen LogP contribution in [0, 0.1) is 0 Å². The van der Waals surface area contributed by atoms with Gasteiger partial charge in [0, 0.05) is 25.0 Å². The molecule has 0 amide bonds. The summed E-state index contributed by atoms with van der Waals surface area (Å²) in [5.74, 6) is 0. The molecule has 0 unspecified atom stereocenters. The van der Waals surface area contributed by atoms with Gasteiger partial charge in [0.15, 0.2) is 0 Å². The van der Waals surface area contributed by atoms with E-state index in [1.165, 1.54) is 5.57 Å². The number of methoxy groups -OCH3 is 1. The van der Waals surface area contributed by atoms with Gasteiger partial charge in [0.25, 0.3) is 0 Å². The summed E-state index contributed by atoms with van der Waals surface area (Å²) in [6, 6.07) is 0. The number of hydrogen-bond acceptors (Lipinski definition) is 2. The molecule has 0 saturated carbocycles. The third kappa shape index (κ3) is 3.79. The lowest BCUT2D eigenvalue weighted by Crippen LogP contribution is -2.24. The first-order valence-corrected chi connectivity index (χ1v) is 4.76. The fourth-order valence-electron chi connectivity index (χ4n) is 1.28. The molecule has 0 spiro atoms. The molecular weight excluding hydrogens is 174 g/mol. The predicted molar refractivity (Wildman–Crippen MR) is 62.0 cm³/mol. The average molecular weight is 195 g/mol. The van der Waals surface area contributed by atoms with Crippen molar-refractivity contribution in [2.45, 2.75) is 20.8 Å². The molecule has 0 aromatic heterocycles. The quantitative estimate of drug-likeness (QED) is 0.604. The summed E-state index contributed by atoms with van der Waals surface area (Å²) < 4.78 is 5.06. The zero-order valence-corrected chi connectivity index (χ0v) is 9.76. The van der Waals surface area contributed by atoms with Crippen LogP contribution in [0.15, 0.2) is 36.2 Å². The highest BCUT2D eigenvalue weighted by Gasteiger charge is 2.08. The van der Waals surface area contributed by atoms with Crippen molar-refractivity contribution < 1.29 is 4.74 Å². The van der Waals surface area contributed by atoms with E-state index in [9.17, 15) is 0 Å². The summed E-state index contributed by atoms with van der Waals surface area (Å²) in [7, 11) is 1.70. The van der Waals surface area contributed by atoms with Gasteiger partial charge in [0.2, 0.25) is 0 Å². The zero-order valence-electron chi connectivity index (χ0n) is 9.76. The minimum Gasteiger partial charge on any atom is -0.383 e. The van der Waals surface area contributed by atoms with Crippen molar-refractivity contribution in [3.63, 3.8) is 0 Å². The molecule has 0 aromatic carbocycles. The van der Waals surface area contributed by atoms with Gasteiger partial charge in [0.05, 0.1) is 6.61 Å². The zero-order chi connectivity index (χ0) is 11.1. The fraction of sp³-hybridized carbons (Fsp3) is 0.500. The van der Waals surface area contributed by atoms with Gasteiger partial charge < -0.3 is 9.64 Å². The van der Waals surface area contributed by atoms with Crippen molar-refractivity contribution in [3.05, 3.63) is 36.2 Å². The maximum Gasteiger partial charge on any atom is 0.0642 e. The van der Waals surface area contributed by atoms with Gasteiger partial charge >= 0.3 is 0 Å². The third-order valence-corrected chi connectivity index (χ3v) is 1.98. The van der Waals surface area contributed by atoms with Crippen LogP contribution in [0.5, 0.6) is 0 Å². The van der Waals surface area contributed by atoms with E-state index in [2.05, 4.69) is 31.9 Å². The third-order valence-electron chi connectivity index (χ3n) is 1.98. The molecule has 0 heterocycles. The van der Waals surface area contributed by atoms with Crippen molar-refractivity contribution in [1.29, 1.82) is 0 Å². The lowest BCUT2D eigenvalue weighted by atomic mass is 10.2. The van der Waals surface area contributed by atoms with Gasteiger partial charge in [-0.25, -0.2) is 0 Å². The second kappa shape index (κ2) is 6.44. The van der Waals surface area contributed by atoms with E-state index in [1.807, 2.05) is 13.0 Å². The molecule has 0 aliphatic heterocycles. The van der Waals surface area contributed by atoms with Crippen molar-refractivity contribution in [3.8, 4) is 0 Å². The standard InChI is InChI=1S/C12H21NO/c1-7-12(10(2)3)13(11(4)5)8-9-14-6/h7H,1,4,8-9H2,2-3,5-6H3. The normalized spacial score (nSPS) is 9.43. The summed E-state index contributed by atoms with van der Waals surface area (Å²) in [6.07, 6.45) is 1.86. The van der Waals surface area contributed by atoms with Crippen LogP contribution in [-0.2, 0) is 4.74 Å². The minimum absolute atomic E-state index is 0.692. The van der Waals surface area contributed by atoms with Crippen LogP contribution in [0.4, 0.5) is 0 Å². The van der Waals surface area contributed by atoms with E-state index >= 15 is 0 Å². The lowest BCUT2D eigenvalue weighted by molar-refractivity contribution is 0.176. The van der Waals surface area contributed by atoms with Crippen molar-refractivity contribution >= 4 is 0 Å². The maximum absolute atomic E-state index is 5.06. The first kappa shape index (κ1) is 13.0. The number of ether oxygens (including phenoxy) is 1. The van der Waals surface area contributed by atoms with E-state index in [4.69, 9.17) is 4.74 Å². The highest BCUT2D eigenvalue weighted by atomic mass is 16.5. The summed E-state index contributed by atoms with van der Waals surface area (Å²) in [5, 5.41) is 0. The summed E-state index contributed by atoms with van der Waals surface area (Å²) in [5.41, 5.74) is 3.37. The minimum atomic E-state index is 0.692. The molecule has 0 N–H and O–H groups in total. The molecule has 2 heteroatoms. The Morgan fingerprint density at radius 2 is 1.93 bits per heavy atom. The molecule has 14 heavy (non-hydrogen) atoms. The number of rotatable bonds is 6.